The number of nitrogens with one attached hydrogen (secondary N) is 1. The van der Waals surface area contributed by atoms with Gasteiger partial charge in [0, 0.05) is 31.2 Å². The predicted molar refractivity (Wildman–Crippen MR) is 83.5 cm³/mol. The highest BCUT2D eigenvalue weighted by molar-refractivity contribution is 5.94. The van der Waals surface area contributed by atoms with E-state index in [1.165, 1.54) is 12.3 Å². The minimum atomic E-state index is -0.196. The van der Waals surface area contributed by atoms with Crippen LogP contribution in [0.1, 0.15) is 47.6 Å². The van der Waals surface area contributed by atoms with Gasteiger partial charge in [0.15, 0.2) is 0 Å². The normalized spacial score (nSPS) is 18.7. The highest BCUT2D eigenvalue weighted by Gasteiger charge is 2.27. The summed E-state index contributed by atoms with van der Waals surface area (Å²) in [5.41, 5.74) is 1.45. The van der Waals surface area contributed by atoms with E-state index in [1.807, 2.05) is 17.0 Å². The van der Waals surface area contributed by atoms with E-state index in [0.717, 1.165) is 37.8 Å². The van der Waals surface area contributed by atoms with Gasteiger partial charge in [0.1, 0.15) is 0 Å². The highest BCUT2D eigenvalue weighted by atomic mass is 16.2. The van der Waals surface area contributed by atoms with Crippen LogP contribution >= 0.6 is 0 Å². The average molecular weight is 297 g/mol. The summed E-state index contributed by atoms with van der Waals surface area (Å²) in [6.07, 6.45) is 9.25. The van der Waals surface area contributed by atoms with Crippen molar-refractivity contribution < 1.29 is 4.79 Å². The van der Waals surface area contributed by atoms with Crippen molar-refractivity contribution >= 4 is 5.91 Å². The first-order valence-electron chi connectivity index (χ1n) is 7.65. The second kappa shape index (κ2) is 6.56. The molecule has 1 N–H and O–H groups in total. The van der Waals surface area contributed by atoms with Crippen molar-refractivity contribution in [1.82, 2.24) is 14.9 Å². The molecule has 1 aliphatic rings. The van der Waals surface area contributed by atoms with Crippen LogP contribution in [0.4, 0.5) is 0 Å². The molecule has 0 bridgehead atoms. The van der Waals surface area contributed by atoms with Gasteiger partial charge in [0.2, 0.25) is 5.56 Å². The minimum Gasteiger partial charge on any atom is -0.332 e. The number of pyridine rings is 2. The number of likely N-dealkylation sites (tertiary alicyclic amines) is 1. The molecule has 0 radical (unpaired) electrons. The summed E-state index contributed by atoms with van der Waals surface area (Å²) < 4.78 is 0. The highest BCUT2D eigenvalue weighted by Crippen LogP contribution is 2.30. The van der Waals surface area contributed by atoms with Crippen molar-refractivity contribution in [1.29, 1.82) is 0 Å². The fraction of sp³-hybridized carbons (Fsp3) is 0.353. The Morgan fingerprint density at radius 3 is 2.68 bits per heavy atom. The van der Waals surface area contributed by atoms with Crippen LogP contribution in [0, 0.1) is 0 Å². The molecule has 5 nitrogen and oxygen atoms in total. The maximum atomic E-state index is 12.8. The van der Waals surface area contributed by atoms with Gasteiger partial charge in [0.25, 0.3) is 5.91 Å². The summed E-state index contributed by atoms with van der Waals surface area (Å²) in [4.78, 5) is 32.6. The summed E-state index contributed by atoms with van der Waals surface area (Å²) in [5.74, 6) is -0.0278. The Morgan fingerprint density at radius 2 is 1.95 bits per heavy atom. The Labute approximate surface area is 129 Å². The number of H-pyrrole nitrogens is 1. The van der Waals surface area contributed by atoms with Crippen LogP contribution < -0.4 is 5.56 Å². The van der Waals surface area contributed by atoms with Crippen LogP contribution in [-0.4, -0.2) is 27.3 Å². The third-order valence-electron chi connectivity index (χ3n) is 4.14. The SMILES string of the molecule is O=C(c1ccc(=O)[nH]c1)N1CCCCC[C@@H]1c1ccncc1. The Morgan fingerprint density at radius 1 is 1.14 bits per heavy atom. The number of carbonyl (C=O) groups is 1. The minimum absolute atomic E-state index is 0.0278. The maximum absolute atomic E-state index is 12.8. The fourth-order valence-electron chi connectivity index (χ4n) is 2.99. The molecule has 2 aromatic heterocycles. The van der Waals surface area contributed by atoms with Crippen LogP contribution in [0.25, 0.3) is 0 Å². The topological polar surface area (TPSA) is 66.1 Å². The smallest absolute Gasteiger partial charge is 0.255 e. The average Bonchev–Trinajstić information content (AvgIpc) is 2.81. The van der Waals surface area contributed by atoms with Crippen molar-refractivity contribution in [2.75, 3.05) is 6.54 Å². The molecule has 3 heterocycles. The number of rotatable bonds is 2. The third-order valence-corrected chi connectivity index (χ3v) is 4.14. The van der Waals surface area contributed by atoms with E-state index < -0.39 is 0 Å². The zero-order chi connectivity index (χ0) is 15.4. The molecule has 1 atom stereocenters. The van der Waals surface area contributed by atoms with Gasteiger partial charge in [0.05, 0.1) is 11.6 Å². The molecule has 0 aliphatic carbocycles. The fourth-order valence-corrected chi connectivity index (χ4v) is 2.99. The molecule has 0 unspecified atom stereocenters. The van der Waals surface area contributed by atoms with Crippen LogP contribution in [-0.2, 0) is 0 Å². The third kappa shape index (κ3) is 3.08. The Bertz CT molecular complexity index is 676. The van der Waals surface area contributed by atoms with Crippen LogP contribution in [0.2, 0.25) is 0 Å². The molecule has 1 saturated heterocycles. The summed E-state index contributed by atoms with van der Waals surface area (Å²) in [7, 11) is 0. The number of hydrogen-bond donors (Lipinski definition) is 1. The lowest BCUT2D eigenvalue weighted by Crippen LogP contribution is -2.35. The molecule has 0 aromatic carbocycles. The van der Waals surface area contributed by atoms with Crippen molar-refractivity contribution in [3.8, 4) is 0 Å². The van der Waals surface area contributed by atoms with Gasteiger partial charge >= 0.3 is 0 Å². The molecule has 0 spiro atoms. The largest absolute Gasteiger partial charge is 0.332 e. The van der Waals surface area contributed by atoms with Crippen molar-refractivity contribution in [2.45, 2.75) is 31.7 Å². The summed E-state index contributed by atoms with van der Waals surface area (Å²) in [6, 6.07) is 7.01. The first-order chi connectivity index (χ1) is 10.8. The first kappa shape index (κ1) is 14.5. The van der Waals surface area contributed by atoms with Gasteiger partial charge in [-0.2, -0.15) is 0 Å². The van der Waals surface area contributed by atoms with E-state index in [-0.39, 0.29) is 17.5 Å². The molecular formula is C17H19N3O2. The number of nitrogens with zero attached hydrogens (tertiary/aromatic N) is 2. The van der Waals surface area contributed by atoms with Gasteiger partial charge in [-0.1, -0.05) is 12.8 Å². The predicted octanol–water partition coefficient (Wildman–Crippen LogP) is 2.53. The van der Waals surface area contributed by atoms with E-state index in [0.29, 0.717) is 5.56 Å². The molecule has 1 fully saturated rings. The Balaban J connectivity index is 1.91. The number of aromatic nitrogens is 2. The van der Waals surface area contributed by atoms with E-state index >= 15 is 0 Å². The van der Waals surface area contributed by atoms with E-state index in [4.69, 9.17) is 0 Å². The van der Waals surface area contributed by atoms with Crippen molar-refractivity contribution in [3.05, 3.63) is 64.3 Å². The number of carbonyl (C=O) groups excluding carboxylic acids is 1. The molecule has 22 heavy (non-hydrogen) atoms. The van der Waals surface area contributed by atoms with Gasteiger partial charge < -0.3 is 9.88 Å². The molecule has 1 aliphatic heterocycles. The maximum Gasteiger partial charge on any atom is 0.255 e. The van der Waals surface area contributed by atoms with E-state index in [2.05, 4.69) is 9.97 Å². The standard InChI is InChI=1S/C17H19N3O2/c21-16-6-5-14(12-19-16)17(22)20-11-3-1-2-4-15(20)13-7-9-18-10-8-13/h5-10,12,15H,1-4,11H2,(H,19,21)/t15-/m1/s1. The molecular weight excluding hydrogens is 278 g/mol. The van der Waals surface area contributed by atoms with Crippen LogP contribution in [0.3, 0.4) is 0 Å². The zero-order valence-electron chi connectivity index (χ0n) is 12.4. The Hall–Kier alpha value is -2.43. The quantitative estimate of drug-likeness (QED) is 0.926. The molecule has 114 valence electrons. The van der Waals surface area contributed by atoms with Crippen LogP contribution in [0.15, 0.2) is 47.7 Å². The monoisotopic (exact) mass is 297 g/mol. The van der Waals surface area contributed by atoms with E-state index in [1.54, 1.807) is 18.5 Å². The second-order valence-corrected chi connectivity index (χ2v) is 5.59. The molecule has 3 rings (SSSR count). The second-order valence-electron chi connectivity index (χ2n) is 5.59. The Kier molecular flexibility index (Phi) is 4.32. The summed E-state index contributed by atoms with van der Waals surface area (Å²) in [6.45, 7) is 0.741. The van der Waals surface area contributed by atoms with Crippen molar-refractivity contribution in [2.24, 2.45) is 0 Å². The van der Waals surface area contributed by atoms with Gasteiger partial charge in [-0.15, -0.1) is 0 Å². The number of amides is 1. The molecule has 1 amide bonds. The number of hydrogen-bond acceptors (Lipinski definition) is 3. The number of aromatic amines is 1. The van der Waals surface area contributed by atoms with Crippen molar-refractivity contribution in [3.63, 3.8) is 0 Å². The lowest BCUT2D eigenvalue weighted by atomic mass is 10.0. The summed E-state index contributed by atoms with van der Waals surface area (Å²) >= 11 is 0. The lowest BCUT2D eigenvalue weighted by molar-refractivity contribution is 0.0680. The van der Waals surface area contributed by atoms with Gasteiger partial charge in [-0.3, -0.25) is 14.6 Å². The lowest BCUT2D eigenvalue weighted by Gasteiger charge is -2.30. The zero-order valence-corrected chi connectivity index (χ0v) is 12.4. The molecule has 5 heteroatoms. The van der Waals surface area contributed by atoms with Crippen LogP contribution in [0.5, 0.6) is 0 Å². The summed E-state index contributed by atoms with van der Waals surface area (Å²) in [5, 5.41) is 0. The van der Waals surface area contributed by atoms with Gasteiger partial charge in [-0.25, -0.2) is 0 Å². The molecule has 0 saturated carbocycles. The van der Waals surface area contributed by atoms with Gasteiger partial charge in [-0.05, 0) is 36.6 Å². The first-order valence-corrected chi connectivity index (χ1v) is 7.65. The van der Waals surface area contributed by atoms with E-state index in [9.17, 15) is 9.59 Å². The molecule has 2 aromatic rings.